The third-order valence-corrected chi connectivity index (χ3v) is 5.43. The molecule has 1 amide bonds. The highest BCUT2D eigenvalue weighted by molar-refractivity contribution is 6.24. The van der Waals surface area contributed by atoms with E-state index in [1.54, 1.807) is 7.11 Å². The number of aryl methyl sites for hydroxylation is 1. The molecule has 146 valence electrons. The summed E-state index contributed by atoms with van der Waals surface area (Å²) in [5, 5.41) is 3.28. The van der Waals surface area contributed by atoms with E-state index in [0.717, 1.165) is 36.1 Å². The van der Waals surface area contributed by atoms with Crippen LogP contribution in [0.5, 0.6) is 5.75 Å². The molecule has 1 aliphatic carbocycles. The number of rotatable bonds is 5. The summed E-state index contributed by atoms with van der Waals surface area (Å²) in [5.74, 6) is 0.750. The fourth-order valence-electron chi connectivity index (χ4n) is 3.90. The van der Waals surface area contributed by atoms with E-state index in [-0.39, 0.29) is 11.9 Å². The van der Waals surface area contributed by atoms with E-state index in [0.29, 0.717) is 5.57 Å². The molecule has 3 nitrogen and oxygen atoms in total. The van der Waals surface area contributed by atoms with E-state index < -0.39 is 0 Å². The smallest absolute Gasteiger partial charge is 0.252 e. The lowest BCUT2D eigenvalue weighted by molar-refractivity contribution is -0.116. The minimum Gasteiger partial charge on any atom is -0.497 e. The van der Waals surface area contributed by atoms with Gasteiger partial charge in [0.1, 0.15) is 5.75 Å². The minimum absolute atomic E-state index is 0.0475. The van der Waals surface area contributed by atoms with Gasteiger partial charge in [-0.25, -0.2) is 0 Å². The quantitative estimate of drug-likeness (QED) is 0.471. The van der Waals surface area contributed by atoms with Crippen molar-refractivity contribution in [3.8, 4) is 5.75 Å². The highest BCUT2D eigenvalue weighted by Gasteiger charge is 2.23. The Labute approximate surface area is 172 Å². The number of carbonyl (C=O) groups is 1. The molecule has 3 heteroatoms. The van der Waals surface area contributed by atoms with Crippen LogP contribution in [0.25, 0.3) is 11.6 Å². The first-order chi connectivity index (χ1) is 14.2. The Balaban J connectivity index is 1.65. The molecule has 0 saturated heterocycles. The van der Waals surface area contributed by atoms with Crippen molar-refractivity contribution in [2.24, 2.45) is 0 Å². The molecule has 1 atom stereocenters. The molecule has 4 rings (SSSR count). The average molecular weight is 383 g/mol. The van der Waals surface area contributed by atoms with Crippen LogP contribution in [0, 0.1) is 0 Å². The Morgan fingerprint density at radius 1 is 0.966 bits per heavy atom. The Hall–Kier alpha value is -3.33. The molecule has 0 fully saturated rings. The van der Waals surface area contributed by atoms with Crippen molar-refractivity contribution in [1.29, 1.82) is 0 Å². The van der Waals surface area contributed by atoms with Gasteiger partial charge in [0.2, 0.25) is 0 Å². The van der Waals surface area contributed by atoms with Gasteiger partial charge >= 0.3 is 0 Å². The van der Waals surface area contributed by atoms with E-state index >= 15 is 0 Å². The normalized spacial score (nSPS) is 16.0. The fourth-order valence-corrected chi connectivity index (χ4v) is 3.90. The molecule has 3 aromatic rings. The first-order valence-corrected chi connectivity index (χ1v) is 10.0. The van der Waals surface area contributed by atoms with Gasteiger partial charge in [-0.3, -0.25) is 4.79 Å². The van der Waals surface area contributed by atoms with Gasteiger partial charge in [-0.2, -0.15) is 0 Å². The summed E-state index contributed by atoms with van der Waals surface area (Å²) >= 11 is 0. The molecule has 0 unspecified atom stereocenters. The van der Waals surface area contributed by atoms with Gasteiger partial charge in [0.05, 0.1) is 13.2 Å². The zero-order valence-corrected chi connectivity index (χ0v) is 16.6. The summed E-state index contributed by atoms with van der Waals surface area (Å²) in [6, 6.07) is 26.0. The first-order valence-electron chi connectivity index (χ1n) is 10.0. The zero-order chi connectivity index (χ0) is 20.1. The van der Waals surface area contributed by atoms with Crippen molar-refractivity contribution in [2.45, 2.75) is 25.3 Å². The van der Waals surface area contributed by atoms with Crippen molar-refractivity contribution in [3.05, 3.63) is 101 Å². The lowest BCUT2D eigenvalue weighted by Gasteiger charge is -2.27. The lowest BCUT2D eigenvalue weighted by Crippen LogP contribution is -2.31. The van der Waals surface area contributed by atoms with Crippen LogP contribution in [0.4, 0.5) is 0 Å². The summed E-state index contributed by atoms with van der Waals surface area (Å²) in [7, 11) is 1.65. The number of fused-ring (bicyclic) bond motifs is 1. The number of amides is 1. The maximum atomic E-state index is 13.3. The standard InChI is InChI=1S/C26H25NO2/c1-29-22-16-14-19(15-17-22)18-24(21-8-3-2-4-9-21)26(28)27-25-13-7-11-20-10-5-6-12-23(20)25/h2-6,8-10,12,14-18,25H,7,11,13H2,1H3,(H,27,28)/b24-18+/t25-/m0/s1. The number of hydrogen-bond acceptors (Lipinski definition) is 2. The third kappa shape index (κ3) is 4.40. The largest absolute Gasteiger partial charge is 0.497 e. The Bertz CT molecular complexity index is 1010. The molecule has 29 heavy (non-hydrogen) atoms. The maximum absolute atomic E-state index is 13.3. The van der Waals surface area contributed by atoms with Crippen LogP contribution in [0.15, 0.2) is 78.9 Å². The average Bonchev–Trinajstić information content (AvgIpc) is 2.78. The maximum Gasteiger partial charge on any atom is 0.252 e. The summed E-state index contributed by atoms with van der Waals surface area (Å²) in [4.78, 5) is 13.3. The molecule has 1 N–H and O–H groups in total. The predicted molar refractivity (Wildman–Crippen MR) is 118 cm³/mol. The second-order valence-electron chi connectivity index (χ2n) is 7.31. The summed E-state index contributed by atoms with van der Waals surface area (Å²) in [6.45, 7) is 0. The monoisotopic (exact) mass is 383 g/mol. The molecule has 3 aromatic carbocycles. The molecule has 0 heterocycles. The first kappa shape index (κ1) is 19.0. The lowest BCUT2D eigenvalue weighted by atomic mass is 9.87. The molecular weight excluding hydrogens is 358 g/mol. The van der Waals surface area contributed by atoms with Crippen molar-refractivity contribution in [2.75, 3.05) is 7.11 Å². The molecule has 0 saturated carbocycles. The van der Waals surface area contributed by atoms with Crippen LogP contribution < -0.4 is 10.1 Å². The molecular formula is C26H25NO2. The van der Waals surface area contributed by atoms with Crippen molar-refractivity contribution in [3.63, 3.8) is 0 Å². The van der Waals surface area contributed by atoms with E-state index in [2.05, 4.69) is 29.6 Å². The predicted octanol–water partition coefficient (Wildman–Crippen LogP) is 5.43. The number of benzene rings is 3. The highest BCUT2D eigenvalue weighted by Crippen LogP contribution is 2.30. The van der Waals surface area contributed by atoms with E-state index in [9.17, 15) is 4.79 Å². The highest BCUT2D eigenvalue weighted by atomic mass is 16.5. The third-order valence-electron chi connectivity index (χ3n) is 5.43. The van der Waals surface area contributed by atoms with Crippen molar-refractivity contribution >= 4 is 17.6 Å². The Kier molecular flexibility index (Phi) is 5.76. The van der Waals surface area contributed by atoms with E-state index in [4.69, 9.17) is 4.74 Å². The molecule has 0 aromatic heterocycles. The van der Waals surface area contributed by atoms with E-state index in [1.807, 2.05) is 60.7 Å². The summed E-state index contributed by atoms with van der Waals surface area (Å²) in [6.07, 6.45) is 5.08. The topological polar surface area (TPSA) is 38.3 Å². The van der Waals surface area contributed by atoms with E-state index in [1.165, 1.54) is 11.1 Å². The number of hydrogen-bond donors (Lipinski definition) is 1. The SMILES string of the molecule is COc1ccc(/C=C(/C(=O)N[C@H]2CCCc3ccccc32)c2ccccc2)cc1. The number of ether oxygens (including phenoxy) is 1. The van der Waals surface area contributed by atoms with Crippen LogP contribution in [-0.2, 0) is 11.2 Å². The fraction of sp³-hybridized carbons (Fsp3) is 0.192. The van der Waals surface area contributed by atoms with Gasteiger partial charge in [-0.15, -0.1) is 0 Å². The molecule has 0 spiro atoms. The van der Waals surface area contributed by atoms with Crippen LogP contribution in [0.1, 0.15) is 41.1 Å². The summed E-state index contributed by atoms with van der Waals surface area (Å²) < 4.78 is 5.24. The van der Waals surface area contributed by atoms with Gasteiger partial charge in [-0.05, 0) is 59.7 Å². The number of methoxy groups -OCH3 is 1. The second kappa shape index (κ2) is 8.78. The number of nitrogens with one attached hydrogen (secondary N) is 1. The second-order valence-corrected chi connectivity index (χ2v) is 7.31. The van der Waals surface area contributed by atoms with Gasteiger partial charge in [0, 0.05) is 5.57 Å². The van der Waals surface area contributed by atoms with Crippen LogP contribution >= 0.6 is 0 Å². The minimum atomic E-state index is -0.0475. The van der Waals surface area contributed by atoms with Crippen LogP contribution in [-0.4, -0.2) is 13.0 Å². The van der Waals surface area contributed by atoms with Gasteiger partial charge in [0.15, 0.2) is 0 Å². The van der Waals surface area contributed by atoms with Crippen molar-refractivity contribution in [1.82, 2.24) is 5.32 Å². The van der Waals surface area contributed by atoms with Gasteiger partial charge in [-0.1, -0.05) is 66.7 Å². The number of carbonyl (C=O) groups excluding carboxylic acids is 1. The zero-order valence-electron chi connectivity index (χ0n) is 16.6. The van der Waals surface area contributed by atoms with Crippen LogP contribution in [0.2, 0.25) is 0 Å². The molecule has 0 radical (unpaired) electrons. The summed E-state index contributed by atoms with van der Waals surface area (Å²) in [5.41, 5.74) is 5.11. The molecule has 1 aliphatic rings. The van der Waals surface area contributed by atoms with Crippen LogP contribution in [0.3, 0.4) is 0 Å². The molecule has 0 bridgehead atoms. The van der Waals surface area contributed by atoms with Crippen molar-refractivity contribution < 1.29 is 9.53 Å². The van der Waals surface area contributed by atoms with Gasteiger partial charge in [0.25, 0.3) is 5.91 Å². The van der Waals surface area contributed by atoms with Gasteiger partial charge < -0.3 is 10.1 Å². The molecule has 0 aliphatic heterocycles. The Morgan fingerprint density at radius 3 is 2.45 bits per heavy atom. The Morgan fingerprint density at radius 2 is 1.69 bits per heavy atom.